The lowest BCUT2D eigenvalue weighted by molar-refractivity contribution is -0.137. The summed E-state index contributed by atoms with van der Waals surface area (Å²) in [4.78, 5) is 21.7. The molecule has 0 saturated carbocycles. The Morgan fingerprint density at radius 2 is 1.94 bits per heavy atom. The summed E-state index contributed by atoms with van der Waals surface area (Å²) in [5.41, 5.74) is 0.553. The van der Waals surface area contributed by atoms with Crippen LogP contribution in [-0.2, 0) is 4.79 Å². The van der Waals surface area contributed by atoms with Crippen LogP contribution in [0.5, 0.6) is 5.75 Å². The molecule has 0 radical (unpaired) electrons. The second kappa shape index (κ2) is 6.52. The number of carboxylic acids is 1. The predicted octanol–water partition coefficient (Wildman–Crippen LogP) is 1.29. The Morgan fingerprint density at radius 3 is 2.47 bits per heavy atom. The number of carbonyl (C=O) groups is 2. The van der Waals surface area contributed by atoms with Crippen LogP contribution in [0, 0.1) is 0 Å². The summed E-state index contributed by atoms with van der Waals surface area (Å²) >= 11 is 0. The molecule has 0 atom stereocenters. The van der Waals surface area contributed by atoms with E-state index in [0.29, 0.717) is 17.9 Å². The normalized spacial score (nSPS) is 9.71. The summed E-state index contributed by atoms with van der Waals surface area (Å²) in [7, 11) is 0. The number of hydrogen-bond acceptors (Lipinski definition) is 3. The average Bonchev–Trinajstić information content (AvgIpc) is 2.30. The summed E-state index contributed by atoms with van der Waals surface area (Å²) in [6, 6.07) is 6.57. The number of benzene rings is 1. The van der Waals surface area contributed by atoms with Gasteiger partial charge in [0.15, 0.2) is 0 Å². The maximum Gasteiger partial charge on any atom is 0.306 e. The van der Waals surface area contributed by atoms with Gasteiger partial charge in [0, 0.05) is 12.1 Å². The molecule has 17 heavy (non-hydrogen) atoms. The smallest absolute Gasteiger partial charge is 0.306 e. The van der Waals surface area contributed by atoms with Crippen LogP contribution in [0.3, 0.4) is 0 Å². The van der Waals surface area contributed by atoms with Gasteiger partial charge in [-0.1, -0.05) is 0 Å². The maximum absolute atomic E-state index is 11.4. The highest BCUT2D eigenvalue weighted by Gasteiger charge is 2.04. The van der Waals surface area contributed by atoms with E-state index in [1.807, 2.05) is 6.92 Å². The molecule has 0 unspecified atom stereocenters. The average molecular weight is 237 g/mol. The highest BCUT2D eigenvalue weighted by Crippen LogP contribution is 2.12. The molecule has 0 aliphatic heterocycles. The first kappa shape index (κ1) is 13.0. The molecule has 0 fully saturated rings. The highest BCUT2D eigenvalue weighted by molar-refractivity contribution is 5.94. The topological polar surface area (TPSA) is 75.6 Å². The van der Waals surface area contributed by atoms with E-state index in [9.17, 15) is 9.59 Å². The second-order valence-electron chi connectivity index (χ2n) is 3.38. The zero-order chi connectivity index (χ0) is 12.7. The number of carboxylic acid groups (broad SMARTS) is 1. The highest BCUT2D eigenvalue weighted by atomic mass is 16.5. The van der Waals surface area contributed by atoms with E-state index in [2.05, 4.69) is 5.32 Å². The molecule has 1 aromatic carbocycles. The number of ether oxygens (including phenoxy) is 1. The predicted molar refractivity (Wildman–Crippen MR) is 62.2 cm³/mol. The molecule has 0 aliphatic rings. The monoisotopic (exact) mass is 237 g/mol. The first-order valence-electron chi connectivity index (χ1n) is 5.36. The van der Waals surface area contributed by atoms with Crippen LogP contribution < -0.4 is 10.1 Å². The van der Waals surface area contributed by atoms with Gasteiger partial charge in [-0.05, 0) is 31.2 Å². The van der Waals surface area contributed by atoms with Crippen LogP contribution in [0.2, 0.25) is 0 Å². The van der Waals surface area contributed by atoms with Gasteiger partial charge in [0.1, 0.15) is 5.75 Å². The lowest BCUT2D eigenvalue weighted by Gasteiger charge is -2.06. The minimum Gasteiger partial charge on any atom is -0.493 e. The van der Waals surface area contributed by atoms with E-state index >= 15 is 0 Å². The SMILES string of the molecule is CCNC(=O)c1ccc(OCCC(=O)O)cc1. The molecule has 1 rings (SSSR count). The van der Waals surface area contributed by atoms with Gasteiger partial charge in [-0.15, -0.1) is 0 Å². The molecule has 1 aromatic rings. The molecule has 0 saturated heterocycles. The van der Waals surface area contributed by atoms with Crippen molar-refractivity contribution >= 4 is 11.9 Å². The molecular weight excluding hydrogens is 222 g/mol. The van der Waals surface area contributed by atoms with Crippen molar-refractivity contribution in [1.29, 1.82) is 0 Å². The molecule has 92 valence electrons. The van der Waals surface area contributed by atoms with Crippen molar-refractivity contribution in [3.05, 3.63) is 29.8 Å². The van der Waals surface area contributed by atoms with Crippen LogP contribution in [0.25, 0.3) is 0 Å². The van der Waals surface area contributed by atoms with Crippen molar-refractivity contribution in [3.8, 4) is 5.75 Å². The summed E-state index contributed by atoms with van der Waals surface area (Å²) in [6.07, 6.45) is -0.0436. The molecule has 0 aromatic heterocycles. The van der Waals surface area contributed by atoms with Crippen LogP contribution in [0.15, 0.2) is 24.3 Å². The van der Waals surface area contributed by atoms with Crippen LogP contribution in [0.4, 0.5) is 0 Å². The van der Waals surface area contributed by atoms with Crippen molar-refractivity contribution in [1.82, 2.24) is 5.32 Å². The van der Waals surface area contributed by atoms with Gasteiger partial charge in [-0.25, -0.2) is 0 Å². The van der Waals surface area contributed by atoms with Crippen LogP contribution >= 0.6 is 0 Å². The van der Waals surface area contributed by atoms with Crippen molar-refractivity contribution in [2.45, 2.75) is 13.3 Å². The summed E-state index contributed by atoms with van der Waals surface area (Å²) in [5, 5.41) is 11.1. The van der Waals surface area contributed by atoms with Crippen molar-refractivity contribution < 1.29 is 19.4 Å². The Kier molecular flexibility index (Phi) is 5.00. The van der Waals surface area contributed by atoms with Gasteiger partial charge in [-0.3, -0.25) is 9.59 Å². The van der Waals surface area contributed by atoms with E-state index < -0.39 is 5.97 Å². The summed E-state index contributed by atoms with van der Waals surface area (Å²) in [5.74, 6) is -0.479. The van der Waals surface area contributed by atoms with Gasteiger partial charge < -0.3 is 15.2 Å². The van der Waals surface area contributed by atoms with E-state index in [0.717, 1.165) is 0 Å². The van der Waals surface area contributed by atoms with E-state index in [-0.39, 0.29) is 18.9 Å². The van der Waals surface area contributed by atoms with Gasteiger partial charge in [-0.2, -0.15) is 0 Å². The zero-order valence-corrected chi connectivity index (χ0v) is 9.60. The Labute approximate surface area is 99.4 Å². The van der Waals surface area contributed by atoms with Gasteiger partial charge >= 0.3 is 5.97 Å². The number of nitrogens with one attached hydrogen (secondary N) is 1. The van der Waals surface area contributed by atoms with E-state index in [4.69, 9.17) is 9.84 Å². The molecule has 5 heteroatoms. The molecule has 2 N–H and O–H groups in total. The molecular formula is C12H15NO4. The van der Waals surface area contributed by atoms with E-state index in [1.54, 1.807) is 24.3 Å². The lowest BCUT2D eigenvalue weighted by atomic mass is 10.2. The Balaban J connectivity index is 2.50. The molecule has 1 amide bonds. The Bertz CT molecular complexity index is 386. The first-order valence-corrected chi connectivity index (χ1v) is 5.36. The van der Waals surface area contributed by atoms with Crippen molar-refractivity contribution in [2.24, 2.45) is 0 Å². The van der Waals surface area contributed by atoms with Gasteiger partial charge in [0.05, 0.1) is 13.0 Å². The third-order valence-corrected chi connectivity index (χ3v) is 2.04. The van der Waals surface area contributed by atoms with Crippen LogP contribution in [-0.4, -0.2) is 30.1 Å². The largest absolute Gasteiger partial charge is 0.493 e. The standard InChI is InChI=1S/C12H15NO4/c1-2-13-12(16)9-3-5-10(6-4-9)17-8-7-11(14)15/h3-6H,2,7-8H2,1H3,(H,13,16)(H,14,15). The fourth-order valence-electron chi connectivity index (χ4n) is 1.22. The minimum atomic E-state index is -0.899. The van der Waals surface area contributed by atoms with Crippen LogP contribution in [0.1, 0.15) is 23.7 Å². The lowest BCUT2D eigenvalue weighted by Crippen LogP contribution is -2.22. The quantitative estimate of drug-likeness (QED) is 0.781. The fourth-order valence-corrected chi connectivity index (χ4v) is 1.22. The Hall–Kier alpha value is -2.04. The third-order valence-electron chi connectivity index (χ3n) is 2.04. The fraction of sp³-hybridized carbons (Fsp3) is 0.333. The zero-order valence-electron chi connectivity index (χ0n) is 9.60. The van der Waals surface area contributed by atoms with Gasteiger partial charge in [0.25, 0.3) is 5.91 Å². The number of rotatable bonds is 6. The number of hydrogen-bond donors (Lipinski definition) is 2. The summed E-state index contributed by atoms with van der Waals surface area (Å²) in [6.45, 7) is 2.55. The molecule has 5 nitrogen and oxygen atoms in total. The molecule has 0 bridgehead atoms. The van der Waals surface area contributed by atoms with Crippen molar-refractivity contribution in [3.63, 3.8) is 0 Å². The van der Waals surface area contributed by atoms with Gasteiger partial charge in [0.2, 0.25) is 0 Å². The molecule has 0 heterocycles. The second-order valence-corrected chi connectivity index (χ2v) is 3.38. The summed E-state index contributed by atoms with van der Waals surface area (Å²) < 4.78 is 5.20. The third kappa shape index (κ3) is 4.55. The van der Waals surface area contributed by atoms with Crippen molar-refractivity contribution in [2.75, 3.05) is 13.2 Å². The maximum atomic E-state index is 11.4. The first-order chi connectivity index (χ1) is 8.13. The number of amides is 1. The minimum absolute atomic E-state index is 0.0436. The molecule has 0 spiro atoms. The number of aliphatic carboxylic acids is 1. The molecule has 0 aliphatic carbocycles. The number of carbonyl (C=O) groups excluding carboxylic acids is 1. The van der Waals surface area contributed by atoms with E-state index in [1.165, 1.54) is 0 Å². The Morgan fingerprint density at radius 1 is 1.29 bits per heavy atom.